The van der Waals surface area contributed by atoms with Crippen molar-refractivity contribution >= 4 is 11.4 Å². The van der Waals surface area contributed by atoms with Gasteiger partial charge in [0.05, 0.1) is 0 Å². The van der Waals surface area contributed by atoms with E-state index in [4.69, 9.17) is 0 Å². The molecule has 4 aliphatic rings. The van der Waals surface area contributed by atoms with Crippen molar-refractivity contribution in [2.75, 3.05) is 22.9 Å². The van der Waals surface area contributed by atoms with Crippen LogP contribution in [0.3, 0.4) is 0 Å². The predicted octanol–water partition coefficient (Wildman–Crippen LogP) is 8.20. The van der Waals surface area contributed by atoms with Crippen LogP contribution in [0.25, 0.3) is 0 Å². The minimum absolute atomic E-state index is 0. The van der Waals surface area contributed by atoms with Crippen molar-refractivity contribution in [1.29, 1.82) is 0 Å². The molecule has 2 aromatic carbocycles. The van der Waals surface area contributed by atoms with Crippen LogP contribution in [-0.2, 0) is 21.7 Å². The van der Waals surface area contributed by atoms with E-state index < -0.39 is 34.9 Å². The number of nitrogens with zero attached hydrogens (tertiary/aromatic N) is 2. The maximum atomic E-state index is 13.3. The van der Waals surface area contributed by atoms with Crippen LogP contribution in [0.2, 0.25) is 0 Å². The molecule has 0 bridgehead atoms. The Morgan fingerprint density at radius 1 is 0.537 bits per heavy atom. The summed E-state index contributed by atoms with van der Waals surface area (Å²) in [6.45, 7) is 0.702. The second-order valence-corrected chi connectivity index (χ2v) is 8.11. The van der Waals surface area contributed by atoms with Crippen LogP contribution in [0.1, 0.15) is 12.8 Å². The van der Waals surface area contributed by atoms with E-state index in [1.165, 1.54) is 22.2 Å². The molecule has 0 spiro atoms. The number of hydrogen-bond acceptors (Lipinski definition) is 2. The van der Waals surface area contributed by atoms with Crippen molar-refractivity contribution in [3.05, 3.63) is 157 Å². The summed E-state index contributed by atoms with van der Waals surface area (Å²) in [6.07, 6.45) is 33.3. The number of halogens is 6. The summed E-state index contributed by atoms with van der Waals surface area (Å²) < 4.78 is 78.3. The summed E-state index contributed by atoms with van der Waals surface area (Å²) in [5, 5.41) is 0. The number of allylic oxidation sites excluding steroid dienone is 12. The summed E-state index contributed by atoms with van der Waals surface area (Å²) in [6, 6.07) is 4.84. The first-order valence-corrected chi connectivity index (χ1v) is 12.1. The van der Waals surface area contributed by atoms with E-state index in [1.807, 2.05) is 24.3 Å². The third kappa shape index (κ3) is 11.0. The minimum atomic E-state index is -1.04. The Labute approximate surface area is 251 Å². The Hall–Kier alpha value is -3.75. The van der Waals surface area contributed by atoms with Gasteiger partial charge in [-0.3, -0.25) is 12.2 Å². The zero-order valence-corrected chi connectivity index (χ0v) is 23.3. The first-order valence-electron chi connectivity index (χ1n) is 12.1. The predicted molar refractivity (Wildman–Crippen MR) is 145 cm³/mol. The van der Waals surface area contributed by atoms with Crippen molar-refractivity contribution in [1.82, 2.24) is 0 Å². The standard InChI is InChI=1S/2C11H7F3N.2C5H5.Ti/c2*12-8-6-9(13)11(10(14)7-8)15-4-2-1-3-5-15;2*1-2-4-5-3-1;/h2*1-4,6H,5H2;2*1-3H,4H2;/q4*-1;+4. The summed E-state index contributed by atoms with van der Waals surface area (Å²) in [7, 11) is 0. The normalized spacial score (nSPS) is 15.1. The first-order chi connectivity index (χ1) is 19.4. The van der Waals surface area contributed by atoms with Gasteiger partial charge in [-0.25, -0.2) is 50.6 Å². The van der Waals surface area contributed by atoms with Gasteiger partial charge in [0.2, 0.25) is 0 Å². The van der Waals surface area contributed by atoms with E-state index in [-0.39, 0.29) is 33.1 Å². The smallest absolute Gasteiger partial charge is 0.392 e. The third-order valence-corrected chi connectivity index (χ3v) is 5.21. The molecule has 6 rings (SSSR count). The number of hydrogen-bond donors (Lipinski definition) is 0. The monoisotopic (exact) mass is 598 g/mol. The first kappa shape index (κ1) is 33.5. The van der Waals surface area contributed by atoms with Gasteiger partial charge in [-0.05, 0) is 24.6 Å². The summed E-state index contributed by atoms with van der Waals surface area (Å²) >= 11 is 0. The van der Waals surface area contributed by atoms with E-state index in [9.17, 15) is 26.3 Å². The number of rotatable bonds is 2. The van der Waals surface area contributed by atoms with Gasteiger partial charge in [-0.1, -0.05) is 36.4 Å². The molecular weight excluding hydrogens is 574 g/mol. The molecule has 208 valence electrons. The summed E-state index contributed by atoms with van der Waals surface area (Å²) in [4.78, 5) is 2.70. The van der Waals surface area contributed by atoms with Crippen LogP contribution >= 0.6 is 0 Å². The van der Waals surface area contributed by atoms with Gasteiger partial charge in [0.1, 0.15) is 0 Å². The Kier molecular flexibility index (Phi) is 14.6. The van der Waals surface area contributed by atoms with Crippen LogP contribution in [0, 0.1) is 59.2 Å². The molecule has 9 heteroatoms. The second kappa shape index (κ2) is 17.8. The number of anilines is 2. The van der Waals surface area contributed by atoms with Gasteiger partial charge >= 0.3 is 21.7 Å². The molecule has 0 amide bonds. The minimum Gasteiger partial charge on any atom is -0.392 e. The van der Waals surface area contributed by atoms with Gasteiger partial charge in [-0.2, -0.15) is 12.2 Å². The van der Waals surface area contributed by atoms with Crippen LogP contribution in [0.5, 0.6) is 0 Å². The van der Waals surface area contributed by atoms with Crippen LogP contribution < -0.4 is 9.80 Å². The molecule has 0 fully saturated rings. The molecule has 0 radical (unpaired) electrons. The average molecular weight is 598 g/mol. The molecule has 0 saturated carbocycles. The molecule has 2 aliphatic carbocycles. The molecule has 0 aromatic heterocycles. The van der Waals surface area contributed by atoms with Crippen molar-refractivity contribution in [3.63, 3.8) is 0 Å². The molecule has 2 heterocycles. The van der Waals surface area contributed by atoms with Gasteiger partial charge in [0.25, 0.3) is 0 Å². The van der Waals surface area contributed by atoms with Crippen LogP contribution in [-0.4, -0.2) is 13.1 Å². The topological polar surface area (TPSA) is 6.48 Å². The SMILES string of the molecule is Fc1[c-]c(F)c(N2C=CC=CC2)c(F)c1.Fc1[c-]c(F)c(N2C=CC=CC2)c(F)c1.[C-]1=CC=CC1.[C-]1=CC=CC1.[Ti+4]. The fraction of sp³-hybridized carbons (Fsp3) is 0.125. The molecule has 2 aliphatic heterocycles. The largest absolute Gasteiger partial charge is 4.00 e. The Balaban J connectivity index is 0.000000211. The fourth-order valence-electron chi connectivity index (χ4n) is 3.44. The van der Waals surface area contributed by atoms with Crippen molar-refractivity contribution < 1.29 is 48.1 Å². The summed E-state index contributed by atoms with van der Waals surface area (Å²) in [5.74, 6) is -5.97. The quantitative estimate of drug-likeness (QED) is 0.196. The molecule has 0 N–H and O–H groups in total. The van der Waals surface area contributed by atoms with Crippen LogP contribution in [0.15, 0.2) is 97.4 Å². The molecule has 0 unspecified atom stereocenters. The van der Waals surface area contributed by atoms with E-state index in [1.54, 1.807) is 48.6 Å². The van der Waals surface area contributed by atoms with Gasteiger partial charge < -0.3 is 9.80 Å². The van der Waals surface area contributed by atoms with Gasteiger partial charge in [0, 0.05) is 59.4 Å². The number of benzene rings is 2. The average Bonchev–Trinajstić information content (AvgIpc) is 3.69. The van der Waals surface area contributed by atoms with Crippen molar-refractivity contribution in [3.8, 4) is 0 Å². The van der Waals surface area contributed by atoms with E-state index in [0.29, 0.717) is 25.2 Å². The van der Waals surface area contributed by atoms with Crippen molar-refractivity contribution in [2.45, 2.75) is 12.8 Å². The second-order valence-electron chi connectivity index (χ2n) is 8.11. The van der Waals surface area contributed by atoms with Crippen LogP contribution in [0.4, 0.5) is 37.7 Å². The van der Waals surface area contributed by atoms with E-state index in [2.05, 4.69) is 24.3 Å². The fourth-order valence-corrected chi connectivity index (χ4v) is 3.44. The molecule has 0 saturated heterocycles. The van der Waals surface area contributed by atoms with E-state index in [0.717, 1.165) is 12.8 Å². The molecule has 41 heavy (non-hydrogen) atoms. The summed E-state index contributed by atoms with van der Waals surface area (Å²) in [5.41, 5.74) is -0.561. The van der Waals surface area contributed by atoms with Gasteiger partial charge in [-0.15, -0.1) is 25.0 Å². The Morgan fingerprint density at radius 3 is 1.20 bits per heavy atom. The third-order valence-electron chi connectivity index (χ3n) is 5.21. The van der Waals surface area contributed by atoms with Gasteiger partial charge in [0.15, 0.2) is 0 Å². The maximum absolute atomic E-state index is 13.3. The molecular formula is C32H24F6N2Ti. The maximum Gasteiger partial charge on any atom is 4.00 e. The Morgan fingerprint density at radius 2 is 0.951 bits per heavy atom. The molecule has 0 atom stereocenters. The molecule has 2 aromatic rings. The Bertz CT molecular complexity index is 1220. The van der Waals surface area contributed by atoms with E-state index >= 15 is 0 Å². The van der Waals surface area contributed by atoms with Crippen molar-refractivity contribution in [2.24, 2.45) is 0 Å². The molecule has 2 nitrogen and oxygen atoms in total. The zero-order chi connectivity index (χ0) is 28.7. The zero-order valence-electron chi connectivity index (χ0n) is 21.7.